The van der Waals surface area contributed by atoms with Crippen LogP contribution >= 0.6 is 0 Å². The predicted octanol–water partition coefficient (Wildman–Crippen LogP) is 0.494. The van der Waals surface area contributed by atoms with Crippen molar-refractivity contribution < 1.29 is 9.90 Å². The van der Waals surface area contributed by atoms with Crippen LogP contribution in [0.15, 0.2) is 24.3 Å². The maximum Gasteiger partial charge on any atom is 0.227 e. The minimum atomic E-state index is 0.110. The number of likely N-dealkylation sites (tertiary alicyclic amines) is 1. The number of rotatable bonds is 2. The molecule has 1 aromatic carbocycles. The zero-order valence-electron chi connectivity index (χ0n) is 9.10. The first-order valence-corrected chi connectivity index (χ1v) is 5.46. The third-order valence-electron chi connectivity index (χ3n) is 2.87. The molecule has 0 radical (unpaired) electrons. The fourth-order valence-electron chi connectivity index (χ4n) is 1.91. The Bertz CT molecular complexity index is 375. The predicted molar refractivity (Wildman–Crippen MR) is 61.0 cm³/mol. The van der Waals surface area contributed by atoms with Crippen molar-refractivity contribution in [2.75, 3.05) is 13.1 Å². The van der Waals surface area contributed by atoms with Crippen LogP contribution in [0, 0.1) is 0 Å². The van der Waals surface area contributed by atoms with Crippen LogP contribution in [0.3, 0.4) is 0 Å². The Labute approximate surface area is 94.7 Å². The summed E-state index contributed by atoms with van der Waals surface area (Å²) in [6.07, 6.45) is 1.27. The van der Waals surface area contributed by atoms with Crippen molar-refractivity contribution in [3.8, 4) is 5.75 Å². The second-order valence-electron chi connectivity index (χ2n) is 4.23. The first kappa shape index (κ1) is 11.0. The Kier molecular flexibility index (Phi) is 3.10. The van der Waals surface area contributed by atoms with Gasteiger partial charge in [-0.3, -0.25) is 4.79 Å². The van der Waals surface area contributed by atoms with E-state index in [1.54, 1.807) is 29.2 Å². The van der Waals surface area contributed by atoms with Crippen molar-refractivity contribution in [1.82, 2.24) is 4.90 Å². The number of hydrogen-bond donors (Lipinski definition) is 2. The maximum absolute atomic E-state index is 11.9. The van der Waals surface area contributed by atoms with E-state index in [-0.39, 0.29) is 17.7 Å². The molecule has 1 amide bonds. The number of carbonyl (C=O) groups is 1. The van der Waals surface area contributed by atoms with E-state index in [2.05, 4.69) is 0 Å². The van der Waals surface area contributed by atoms with Crippen molar-refractivity contribution in [1.29, 1.82) is 0 Å². The molecular formula is C12H16N2O2. The first-order chi connectivity index (χ1) is 7.65. The molecule has 1 unspecified atom stereocenters. The molecule has 2 rings (SSSR count). The van der Waals surface area contributed by atoms with Gasteiger partial charge >= 0.3 is 0 Å². The molecule has 0 spiro atoms. The highest BCUT2D eigenvalue weighted by atomic mass is 16.3. The Balaban J connectivity index is 1.94. The van der Waals surface area contributed by atoms with Gasteiger partial charge in [-0.05, 0) is 24.1 Å². The van der Waals surface area contributed by atoms with E-state index < -0.39 is 0 Å². The first-order valence-electron chi connectivity index (χ1n) is 5.46. The molecule has 1 saturated heterocycles. The van der Waals surface area contributed by atoms with Crippen LogP contribution in [0.1, 0.15) is 12.0 Å². The van der Waals surface area contributed by atoms with Gasteiger partial charge in [0.1, 0.15) is 5.75 Å². The summed E-state index contributed by atoms with van der Waals surface area (Å²) in [6, 6.07) is 6.85. The van der Waals surface area contributed by atoms with Crippen molar-refractivity contribution in [2.45, 2.75) is 18.9 Å². The van der Waals surface area contributed by atoms with Crippen molar-refractivity contribution in [2.24, 2.45) is 5.73 Å². The maximum atomic E-state index is 11.9. The SMILES string of the molecule is NC1CCN(C(=O)Cc2ccc(O)cc2)C1. The minimum Gasteiger partial charge on any atom is -0.508 e. The van der Waals surface area contributed by atoms with E-state index >= 15 is 0 Å². The molecule has 0 aromatic heterocycles. The Morgan fingerprint density at radius 2 is 2.12 bits per heavy atom. The van der Waals surface area contributed by atoms with E-state index in [0.717, 1.165) is 18.5 Å². The molecule has 86 valence electrons. The fourth-order valence-corrected chi connectivity index (χ4v) is 1.91. The van der Waals surface area contributed by atoms with Crippen LogP contribution < -0.4 is 5.73 Å². The number of nitrogens with two attached hydrogens (primary N) is 1. The summed E-state index contributed by atoms with van der Waals surface area (Å²) >= 11 is 0. The van der Waals surface area contributed by atoms with E-state index in [1.165, 1.54) is 0 Å². The van der Waals surface area contributed by atoms with Gasteiger partial charge in [0.25, 0.3) is 0 Å². The summed E-state index contributed by atoms with van der Waals surface area (Å²) in [7, 11) is 0. The molecule has 0 bridgehead atoms. The summed E-state index contributed by atoms with van der Waals surface area (Å²) in [5.41, 5.74) is 6.67. The molecule has 1 aliphatic rings. The lowest BCUT2D eigenvalue weighted by molar-refractivity contribution is -0.129. The van der Waals surface area contributed by atoms with Crippen LogP contribution in [0.5, 0.6) is 5.75 Å². The van der Waals surface area contributed by atoms with Crippen molar-refractivity contribution in [3.63, 3.8) is 0 Å². The summed E-state index contributed by atoms with van der Waals surface area (Å²) in [5.74, 6) is 0.332. The topological polar surface area (TPSA) is 66.6 Å². The molecule has 16 heavy (non-hydrogen) atoms. The second-order valence-corrected chi connectivity index (χ2v) is 4.23. The van der Waals surface area contributed by atoms with Crippen LogP contribution in [-0.4, -0.2) is 35.0 Å². The molecule has 1 aliphatic heterocycles. The average molecular weight is 220 g/mol. The smallest absolute Gasteiger partial charge is 0.227 e. The molecule has 0 saturated carbocycles. The third-order valence-corrected chi connectivity index (χ3v) is 2.87. The summed E-state index contributed by atoms with van der Waals surface area (Å²) in [4.78, 5) is 13.7. The van der Waals surface area contributed by atoms with Crippen molar-refractivity contribution in [3.05, 3.63) is 29.8 Å². The molecule has 1 heterocycles. The molecule has 4 heteroatoms. The van der Waals surface area contributed by atoms with E-state index in [9.17, 15) is 4.79 Å². The zero-order chi connectivity index (χ0) is 11.5. The summed E-state index contributed by atoms with van der Waals surface area (Å²) in [6.45, 7) is 1.43. The number of carbonyl (C=O) groups excluding carboxylic acids is 1. The van der Waals surface area contributed by atoms with Crippen LogP contribution in [0.4, 0.5) is 0 Å². The van der Waals surface area contributed by atoms with Crippen LogP contribution in [0.25, 0.3) is 0 Å². The molecule has 1 atom stereocenters. The fraction of sp³-hybridized carbons (Fsp3) is 0.417. The Morgan fingerprint density at radius 3 is 2.69 bits per heavy atom. The third kappa shape index (κ3) is 2.52. The minimum absolute atomic E-state index is 0.110. The van der Waals surface area contributed by atoms with E-state index in [4.69, 9.17) is 10.8 Å². The van der Waals surface area contributed by atoms with Gasteiger partial charge in [0.2, 0.25) is 5.91 Å². The largest absolute Gasteiger partial charge is 0.508 e. The van der Waals surface area contributed by atoms with Gasteiger partial charge in [0.05, 0.1) is 6.42 Å². The Morgan fingerprint density at radius 1 is 1.44 bits per heavy atom. The number of phenolic OH excluding ortho intramolecular Hbond substituents is 1. The normalized spacial score (nSPS) is 20.1. The molecule has 3 N–H and O–H groups in total. The summed E-state index contributed by atoms with van der Waals surface area (Å²) in [5, 5.41) is 9.13. The highest BCUT2D eigenvalue weighted by Crippen LogP contribution is 2.13. The van der Waals surface area contributed by atoms with E-state index in [0.29, 0.717) is 13.0 Å². The average Bonchev–Trinajstić information content (AvgIpc) is 2.68. The van der Waals surface area contributed by atoms with Crippen LogP contribution in [-0.2, 0) is 11.2 Å². The van der Waals surface area contributed by atoms with Gasteiger partial charge < -0.3 is 15.7 Å². The lowest BCUT2D eigenvalue weighted by atomic mass is 10.1. The summed E-state index contributed by atoms with van der Waals surface area (Å²) < 4.78 is 0. The second kappa shape index (κ2) is 4.53. The van der Waals surface area contributed by atoms with Gasteiger partial charge in [0, 0.05) is 19.1 Å². The molecular weight excluding hydrogens is 204 g/mol. The number of benzene rings is 1. The number of phenols is 1. The molecule has 1 aromatic rings. The highest BCUT2D eigenvalue weighted by Gasteiger charge is 2.23. The number of nitrogens with zero attached hydrogens (tertiary/aromatic N) is 1. The molecule has 1 fully saturated rings. The van der Waals surface area contributed by atoms with Crippen LogP contribution in [0.2, 0.25) is 0 Å². The molecule has 4 nitrogen and oxygen atoms in total. The number of aromatic hydroxyl groups is 1. The highest BCUT2D eigenvalue weighted by molar-refractivity contribution is 5.79. The van der Waals surface area contributed by atoms with Gasteiger partial charge in [-0.15, -0.1) is 0 Å². The zero-order valence-corrected chi connectivity index (χ0v) is 9.10. The quantitative estimate of drug-likeness (QED) is 0.762. The molecule has 0 aliphatic carbocycles. The Hall–Kier alpha value is -1.55. The number of hydrogen-bond acceptors (Lipinski definition) is 3. The van der Waals surface area contributed by atoms with Crippen molar-refractivity contribution >= 4 is 5.91 Å². The van der Waals surface area contributed by atoms with E-state index in [1.807, 2.05) is 0 Å². The standard InChI is InChI=1S/C12H16N2O2/c13-10-5-6-14(8-10)12(16)7-9-1-3-11(15)4-2-9/h1-4,10,15H,5-8,13H2. The van der Waals surface area contributed by atoms with Gasteiger partial charge in [-0.1, -0.05) is 12.1 Å². The van der Waals surface area contributed by atoms with Gasteiger partial charge in [-0.25, -0.2) is 0 Å². The number of amides is 1. The van der Waals surface area contributed by atoms with Gasteiger partial charge in [-0.2, -0.15) is 0 Å². The lowest BCUT2D eigenvalue weighted by Crippen LogP contribution is -2.32. The monoisotopic (exact) mass is 220 g/mol. The lowest BCUT2D eigenvalue weighted by Gasteiger charge is -2.15. The van der Waals surface area contributed by atoms with Gasteiger partial charge in [0.15, 0.2) is 0 Å².